The van der Waals surface area contributed by atoms with Gasteiger partial charge >= 0.3 is 0 Å². The molecule has 7 aromatic rings. The minimum atomic E-state index is -1.35. The molecule has 0 saturated heterocycles. The molecule has 0 aliphatic heterocycles. The van der Waals surface area contributed by atoms with Gasteiger partial charge in [-0.15, -0.1) is 54.1 Å². The van der Waals surface area contributed by atoms with Crippen LogP contribution >= 0.6 is 0 Å². The van der Waals surface area contributed by atoms with Crippen molar-refractivity contribution in [3.05, 3.63) is 139 Å². The summed E-state index contributed by atoms with van der Waals surface area (Å²) in [4.78, 5) is 9.39. The van der Waals surface area contributed by atoms with Crippen LogP contribution < -0.4 is 5.19 Å². The second-order valence-corrected chi connectivity index (χ2v) is 21.7. The molecule has 1 saturated carbocycles. The molecule has 0 N–H and O–H groups in total. The van der Waals surface area contributed by atoms with Crippen molar-refractivity contribution < 1.29 is 24.5 Å². The van der Waals surface area contributed by atoms with Crippen LogP contribution in [-0.4, -0.2) is 18.0 Å². The fraction of sp³-hybridized carbons (Fsp3) is 0.292. The van der Waals surface area contributed by atoms with E-state index in [2.05, 4.69) is 143 Å². The third-order valence-corrected chi connectivity index (χ3v) is 12.2. The van der Waals surface area contributed by atoms with Gasteiger partial charge in [-0.3, -0.25) is 0 Å². The van der Waals surface area contributed by atoms with Crippen LogP contribution in [0, 0.1) is 23.5 Å². The summed E-state index contributed by atoms with van der Waals surface area (Å²) in [5, 5.41) is 3.76. The minimum absolute atomic E-state index is 0. The summed E-state index contributed by atoms with van der Waals surface area (Å²) >= 11 is 0. The molecule has 0 bridgehead atoms. The van der Waals surface area contributed by atoms with Gasteiger partial charge in [0.05, 0.1) is 13.7 Å². The predicted octanol–water partition coefficient (Wildman–Crippen LogP) is 12.5. The Morgan fingerprint density at radius 1 is 0.755 bits per heavy atom. The van der Waals surface area contributed by atoms with Crippen LogP contribution in [0.5, 0.6) is 0 Å². The number of pyridine rings is 2. The SMILES string of the molecule is CC(C)(C)Cc1ccnc(-c2[c-]ccc3c2oc2cc(-c4ccccc4)ccc23)c1.C[Si](C)(C)c1cnc(-c2[c-]cccc2)cc1CC1CCCC1.[Ir]. The van der Waals surface area contributed by atoms with Crippen LogP contribution in [0.15, 0.2) is 120 Å². The van der Waals surface area contributed by atoms with Crippen molar-refractivity contribution in [2.75, 3.05) is 0 Å². The van der Waals surface area contributed by atoms with E-state index in [1.165, 1.54) is 43.2 Å². The summed E-state index contributed by atoms with van der Waals surface area (Å²) in [7, 11) is -1.35. The first kappa shape index (κ1) is 38.6. The van der Waals surface area contributed by atoms with Crippen LogP contribution in [0.2, 0.25) is 19.6 Å². The topological polar surface area (TPSA) is 38.9 Å². The van der Waals surface area contributed by atoms with Crippen molar-refractivity contribution in [2.24, 2.45) is 11.3 Å². The molecule has 1 aliphatic rings. The van der Waals surface area contributed by atoms with Gasteiger partial charge in [-0.25, -0.2) is 0 Å². The van der Waals surface area contributed by atoms with Crippen LogP contribution in [0.4, 0.5) is 0 Å². The van der Waals surface area contributed by atoms with Crippen LogP contribution in [-0.2, 0) is 32.9 Å². The number of hydrogen-bond acceptors (Lipinski definition) is 3. The van der Waals surface area contributed by atoms with E-state index in [1.807, 2.05) is 30.5 Å². The minimum Gasteiger partial charge on any atom is -0.501 e. The van der Waals surface area contributed by atoms with Gasteiger partial charge in [-0.05, 0) is 64.0 Å². The Kier molecular flexibility index (Phi) is 12.0. The summed E-state index contributed by atoms with van der Waals surface area (Å²) in [6.07, 6.45) is 11.9. The standard InChI is InChI=1S/C28H24NO.C20H26NSi.Ir/c1-28(2,3)18-19-14-15-29-25(16-19)24-11-7-10-23-22-13-12-21(17-26(22)30-27(23)24)20-8-5-4-6-9-20;1-22(2,3)20-15-21-19(17-11-5-4-6-12-17)14-18(20)13-16-9-7-8-10-16;/h4-10,12-17H,18H2,1-3H3;4-6,11,14-16H,7-10,13H2,1-3H3;/q2*-1;. The second kappa shape index (κ2) is 16.5. The quantitative estimate of drug-likeness (QED) is 0.118. The van der Waals surface area contributed by atoms with Gasteiger partial charge < -0.3 is 14.4 Å². The van der Waals surface area contributed by atoms with Crippen LogP contribution in [0.1, 0.15) is 57.6 Å². The average molecular weight is 891 g/mol. The molecule has 1 aliphatic carbocycles. The van der Waals surface area contributed by atoms with E-state index >= 15 is 0 Å². The first-order valence-corrected chi connectivity index (χ1v) is 22.4. The Balaban J connectivity index is 0.000000187. The molecule has 1 radical (unpaired) electrons. The summed E-state index contributed by atoms with van der Waals surface area (Å²) in [5.74, 6) is 0.880. The number of fused-ring (bicyclic) bond motifs is 3. The van der Waals surface area contributed by atoms with Gasteiger partial charge in [0.25, 0.3) is 0 Å². The summed E-state index contributed by atoms with van der Waals surface area (Å²) < 4.78 is 6.37. The molecular formula is C48H50IrN2OSi-2. The van der Waals surface area contributed by atoms with Gasteiger partial charge in [0.15, 0.2) is 0 Å². The van der Waals surface area contributed by atoms with E-state index in [0.29, 0.717) is 0 Å². The Bertz CT molecular complexity index is 2280. The van der Waals surface area contributed by atoms with Gasteiger partial charge in [0.2, 0.25) is 0 Å². The molecule has 0 spiro atoms. The number of rotatable bonds is 7. The Hall–Kier alpha value is -4.15. The predicted molar refractivity (Wildman–Crippen MR) is 222 cm³/mol. The van der Waals surface area contributed by atoms with Gasteiger partial charge in [0.1, 0.15) is 5.58 Å². The van der Waals surface area contributed by atoms with E-state index in [1.54, 1.807) is 10.8 Å². The largest absolute Gasteiger partial charge is 0.501 e. The number of aromatic nitrogens is 2. The number of furan rings is 1. The van der Waals surface area contributed by atoms with Gasteiger partial charge in [-0.1, -0.05) is 143 Å². The third kappa shape index (κ3) is 9.33. The molecule has 0 unspecified atom stereocenters. The van der Waals surface area contributed by atoms with Crippen molar-refractivity contribution in [2.45, 2.75) is 78.9 Å². The molecular weight excluding hydrogens is 841 g/mol. The van der Waals surface area contributed by atoms with Crippen molar-refractivity contribution in [3.63, 3.8) is 0 Å². The van der Waals surface area contributed by atoms with E-state index in [-0.39, 0.29) is 25.5 Å². The number of hydrogen-bond donors (Lipinski definition) is 0. The smallest absolute Gasteiger partial charge is 0.121 e. The molecule has 4 aromatic carbocycles. The fourth-order valence-electron chi connectivity index (χ4n) is 7.64. The zero-order valence-electron chi connectivity index (χ0n) is 31.9. The van der Waals surface area contributed by atoms with E-state index < -0.39 is 8.07 Å². The molecule has 1 fully saturated rings. The normalized spacial score (nSPS) is 13.5. The van der Waals surface area contributed by atoms with E-state index in [9.17, 15) is 0 Å². The summed E-state index contributed by atoms with van der Waals surface area (Å²) in [6.45, 7) is 14.0. The monoisotopic (exact) mass is 891 g/mol. The zero-order valence-corrected chi connectivity index (χ0v) is 35.3. The molecule has 273 valence electrons. The molecule has 53 heavy (non-hydrogen) atoms. The average Bonchev–Trinajstić information content (AvgIpc) is 3.79. The van der Waals surface area contributed by atoms with E-state index in [4.69, 9.17) is 9.40 Å². The third-order valence-electron chi connectivity index (χ3n) is 10.1. The first-order valence-electron chi connectivity index (χ1n) is 18.9. The molecule has 3 aromatic heterocycles. The fourth-order valence-corrected chi connectivity index (χ4v) is 9.23. The number of benzene rings is 4. The molecule has 0 atom stereocenters. The maximum atomic E-state index is 6.37. The van der Waals surface area contributed by atoms with Crippen molar-refractivity contribution in [3.8, 4) is 33.6 Å². The number of nitrogens with zero attached hydrogens (tertiary/aromatic N) is 2. The van der Waals surface area contributed by atoms with E-state index in [0.717, 1.165) is 62.4 Å². The van der Waals surface area contributed by atoms with Crippen LogP contribution in [0.3, 0.4) is 0 Å². The van der Waals surface area contributed by atoms with Crippen molar-refractivity contribution in [1.82, 2.24) is 9.97 Å². The van der Waals surface area contributed by atoms with Crippen molar-refractivity contribution in [1.29, 1.82) is 0 Å². The first-order chi connectivity index (χ1) is 25.0. The van der Waals surface area contributed by atoms with Crippen molar-refractivity contribution >= 4 is 35.2 Å². The molecule has 8 rings (SSSR count). The molecule has 5 heteroatoms. The maximum absolute atomic E-state index is 6.37. The summed E-state index contributed by atoms with van der Waals surface area (Å²) in [5.41, 5.74) is 11.1. The summed E-state index contributed by atoms with van der Waals surface area (Å²) in [6, 6.07) is 42.3. The Morgan fingerprint density at radius 2 is 1.53 bits per heavy atom. The Morgan fingerprint density at radius 3 is 2.25 bits per heavy atom. The maximum Gasteiger partial charge on any atom is 0.121 e. The molecule has 0 amide bonds. The molecule has 3 heterocycles. The second-order valence-electron chi connectivity index (χ2n) is 16.7. The van der Waals surface area contributed by atoms with Gasteiger partial charge in [0, 0.05) is 37.9 Å². The molecule has 3 nitrogen and oxygen atoms in total. The van der Waals surface area contributed by atoms with Crippen LogP contribution in [0.25, 0.3) is 55.6 Å². The Labute approximate surface area is 330 Å². The zero-order chi connectivity index (χ0) is 36.3. The van der Waals surface area contributed by atoms with Gasteiger partial charge in [-0.2, -0.15) is 0 Å².